The number of carbonyl (C=O) groups is 3. The van der Waals surface area contributed by atoms with E-state index in [9.17, 15) is 14.4 Å². The predicted octanol–water partition coefficient (Wildman–Crippen LogP) is -0.193. The third-order valence-electron chi connectivity index (χ3n) is 2.70. The third-order valence-corrected chi connectivity index (χ3v) is 2.70. The molecule has 1 fully saturated rings. The summed E-state index contributed by atoms with van der Waals surface area (Å²) in [5.74, 6) is -1.59. The van der Waals surface area contributed by atoms with Crippen molar-refractivity contribution in [2.45, 2.75) is 31.8 Å². The van der Waals surface area contributed by atoms with E-state index in [0.29, 0.717) is 19.4 Å². The first-order valence-corrected chi connectivity index (χ1v) is 5.35. The molecular weight excluding hydrogens is 228 g/mol. The van der Waals surface area contributed by atoms with Crippen LogP contribution in [0.2, 0.25) is 0 Å². The Kier molecular flexibility index (Phi) is 4.30. The number of carboxylic acids is 1. The number of nitrogens with one attached hydrogen (secondary N) is 1. The molecule has 1 heterocycles. The van der Waals surface area contributed by atoms with Crippen molar-refractivity contribution < 1.29 is 24.2 Å². The van der Waals surface area contributed by atoms with Gasteiger partial charge < -0.3 is 20.1 Å². The number of hydrogen-bond acceptors (Lipinski definition) is 4. The number of carbonyl (C=O) groups excluding carboxylic acids is 2. The number of hydrogen-bond donors (Lipinski definition) is 2. The molecule has 1 unspecified atom stereocenters. The normalized spacial score (nSPS) is 20.8. The van der Waals surface area contributed by atoms with Gasteiger partial charge in [0.05, 0.1) is 7.11 Å². The summed E-state index contributed by atoms with van der Waals surface area (Å²) in [6.45, 7) is 1.79. The van der Waals surface area contributed by atoms with Gasteiger partial charge in [0.15, 0.2) is 0 Å². The summed E-state index contributed by atoms with van der Waals surface area (Å²) in [6.07, 6.45) is 1.25. The van der Waals surface area contributed by atoms with Crippen LogP contribution in [-0.4, -0.2) is 53.7 Å². The smallest absolute Gasteiger partial charge is 0.328 e. The molecular formula is C10H16N2O5. The molecule has 0 aromatic carbocycles. The summed E-state index contributed by atoms with van der Waals surface area (Å²) >= 11 is 0. The van der Waals surface area contributed by atoms with Crippen LogP contribution in [0.1, 0.15) is 19.8 Å². The summed E-state index contributed by atoms with van der Waals surface area (Å²) in [6, 6.07) is -2.14. The Morgan fingerprint density at radius 2 is 2.12 bits per heavy atom. The fourth-order valence-electron chi connectivity index (χ4n) is 1.72. The molecule has 7 nitrogen and oxygen atoms in total. The lowest BCUT2D eigenvalue weighted by molar-refractivity contribution is -0.144. The van der Waals surface area contributed by atoms with Gasteiger partial charge in [-0.3, -0.25) is 4.79 Å². The van der Waals surface area contributed by atoms with Crippen LogP contribution in [0.5, 0.6) is 0 Å². The van der Waals surface area contributed by atoms with Crippen LogP contribution >= 0.6 is 0 Å². The zero-order chi connectivity index (χ0) is 13.0. The molecule has 0 bridgehead atoms. The van der Waals surface area contributed by atoms with Crippen molar-refractivity contribution in [3.05, 3.63) is 0 Å². The first-order valence-electron chi connectivity index (χ1n) is 5.35. The fourth-order valence-corrected chi connectivity index (χ4v) is 1.72. The molecule has 2 amide bonds. The van der Waals surface area contributed by atoms with Crippen molar-refractivity contribution >= 4 is 18.0 Å². The molecule has 17 heavy (non-hydrogen) atoms. The molecule has 7 heteroatoms. The van der Waals surface area contributed by atoms with Gasteiger partial charge in [0, 0.05) is 6.54 Å². The summed E-state index contributed by atoms with van der Waals surface area (Å²) in [4.78, 5) is 35.0. The molecule has 0 saturated carbocycles. The number of rotatable bonds is 3. The van der Waals surface area contributed by atoms with Crippen LogP contribution < -0.4 is 5.32 Å². The van der Waals surface area contributed by atoms with Crippen molar-refractivity contribution in [1.82, 2.24) is 10.2 Å². The van der Waals surface area contributed by atoms with Gasteiger partial charge in [0.25, 0.3) is 0 Å². The maximum Gasteiger partial charge on any atom is 0.328 e. The Morgan fingerprint density at radius 1 is 1.47 bits per heavy atom. The standard InChI is InChI=1S/C10H16N2O5/c1-6(8(13)14)11-10(16)12-5-3-4-7(12)9(15)17-2/h6-7H,3-5H2,1-2H3,(H,11,16)(H,13,14)/t6-,7?/m0/s1. The molecule has 2 N–H and O–H groups in total. The SMILES string of the molecule is COC(=O)C1CCCN1C(=O)N[C@@H](C)C(=O)O. The number of ether oxygens (including phenoxy) is 1. The number of amides is 2. The Bertz CT molecular complexity index is 331. The molecule has 0 radical (unpaired) electrons. The van der Waals surface area contributed by atoms with Crippen LogP contribution in [0.4, 0.5) is 4.79 Å². The monoisotopic (exact) mass is 244 g/mol. The molecule has 0 aromatic heterocycles. The van der Waals surface area contributed by atoms with E-state index in [2.05, 4.69) is 10.1 Å². The van der Waals surface area contributed by atoms with Gasteiger partial charge >= 0.3 is 18.0 Å². The lowest BCUT2D eigenvalue weighted by Gasteiger charge is -2.24. The fraction of sp³-hybridized carbons (Fsp3) is 0.700. The Morgan fingerprint density at radius 3 is 2.65 bits per heavy atom. The largest absolute Gasteiger partial charge is 0.480 e. The highest BCUT2D eigenvalue weighted by Crippen LogP contribution is 2.18. The average Bonchev–Trinajstić information content (AvgIpc) is 2.76. The highest BCUT2D eigenvalue weighted by atomic mass is 16.5. The molecule has 1 rings (SSSR count). The summed E-state index contributed by atoms with van der Waals surface area (Å²) < 4.78 is 4.59. The first kappa shape index (κ1) is 13.3. The Balaban J connectivity index is 2.62. The van der Waals surface area contributed by atoms with Crippen molar-refractivity contribution in [2.24, 2.45) is 0 Å². The second kappa shape index (κ2) is 5.51. The molecule has 2 atom stereocenters. The van der Waals surface area contributed by atoms with E-state index in [1.165, 1.54) is 18.9 Å². The van der Waals surface area contributed by atoms with Crippen molar-refractivity contribution in [3.63, 3.8) is 0 Å². The molecule has 0 aromatic rings. The topological polar surface area (TPSA) is 95.9 Å². The summed E-state index contributed by atoms with van der Waals surface area (Å²) in [5.41, 5.74) is 0. The molecule has 1 aliphatic rings. The number of urea groups is 1. The maximum absolute atomic E-state index is 11.7. The van der Waals surface area contributed by atoms with Crippen molar-refractivity contribution in [2.75, 3.05) is 13.7 Å². The van der Waals surface area contributed by atoms with Crippen molar-refractivity contribution in [1.29, 1.82) is 0 Å². The van der Waals surface area contributed by atoms with Crippen molar-refractivity contribution in [3.8, 4) is 0 Å². The van der Waals surface area contributed by atoms with E-state index in [4.69, 9.17) is 5.11 Å². The van der Waals surface area contributed by atoms with Crippen LogP contribution in [0.15, 0.2) is 0 Å². The van der Waals surface area contributed by atoms with Gasteiger partial charge in [0.1, 0.15) is 12.1 Å². The number of carboxylic acid groups (broad SMARTS) is 1. The van der Waals surface area contributed by atoms with Gasteiger partial charge in [-0.15, -0.1) is 0 Å². The average molecular weight is 244 g/mol. The Hall–Kier alpha value is -1.79. The quantitative estimate of drug-likeness (QED) is 0.670. The van der Waals surface area contributed by atoms with E-state index >= 15 is 0 Å². The molecule has 1 saturated heterocycles. The van der Waals surface area contributed by atoms with Gasteiger partial charge in [-0.2, -0.15) is 0 Å². The van der Waals surface area contributed by atoms with Crippen LogP contribution in [0.3, 0.4) is 0 Å². The minimum absolute atomic E-state index is 0.429. The van der Waals surface area contributed by atoms with E-state index < -0.39 is 30.1 Å². The zero-order valence-electron chi connectivity index (χ0n) is 9.80. The Labute approximate surface area is 98.7 Å². The number of esters is 1. The number of aliphatic carboxylic acids is 1. The lowest BCUT2D eigenvalue weighted by Crippen LogP contribution is -2.50. The summed E-state index contributed by atoms with van der Waals surface area (Å²) in [7, 11) is 1.26. The first-order chi connectivity index (χ1) is 7.97. The van der Waals surface area contributed by atoms with Gasteiger partial charge in [-0.1, -0.05) is 0 Å². The minimum Gasteiger partial charge on any atom is -0.480 e. The molecule has 0 spiro atoms. The maximum atomic E-state index is 11.7. The minimum atomic E-state index is -1.12. The van der Waals surface area contributed by atoms with Crippen LogP contribution in [-0.2, 0) is 14.3 Å². The molecule has 96 valence electrons. The highest BCUT2D eigenvalue weighted by Gasteiger charge is 2.35. The van der Waals surface area contributed by atoms with Gasteiger partial charge in [-0.25, -0.2) is 9.59 Å². The second-order valence-electron chi connectivity index (χ2n) is 3.88. The molecule has 0 aliphatic carbocycles. The van der Waals surface area contributed by atoms with E-state index in [0.717, 1.165) is 0 Å². The zero-order valence-corrected chi connectivity index (χ0v) is 9.80. The number of nitrogens with zero attached hydrogens (tertiary/aromatic N) is 1. The summed E-state index contributed by atoms with van der Waals surface area (Å²) in [5, 5.41) is 11.0. The van der Waals surface area contributed by atoms with Gasteiger partial charge in [0.2, 0.25) is 0 Å². The number of likely N-dealkylation sites (tertiary alicyclic amines) is 1. The predicted molar refractivity (Wildman–Crippen MR) is 57.4 cm³/mol. The second-order valence-corrected chi connectivity index (χ2v) is 3.88. The molecule has 1 aliphatic heterocycles. The van der Waals surface area contributed by atoms with Crippen LogP contribution in [0, 0.1) is 0 Å². The van der Waals surface area contributed by atoms with Gasteiger partial charge in [-0.05, 0) is 19.8 Å². The van der Waals surface area contributed by atoms with E-state index in [1.807, 2.05) is 0 Å². The number of methoxy groups -OCH3 is 1. The van der Waals surface area contributed by atoms with Crippen LogP contribution in [0.25, 0.3) is 0 Å². The third kappa shape index (κ3) is 3.08. The highest BCUT2D eigenvalue weighted by molar-refractivity contribution is 5.86. The van der Waals surface area contributed by atoms with E-state index in [-0.39, 0.29) is 0 Å². The van der Waals surface area contributed by atoms with E-state index in [1.54, 1.807) is 0 Å². The lowest BCUT2D eigenvalue weighted by atomic mass is 10.2.